The predicted octanol–water partition coefficient (Wildman–Crippen LogP) is 2.69. The smallest absolute Gasteiger partial charge is 0.301 e. The molecule has 0 radical (unpaired) electrons. The van der Waals surface area contributed by atoms with Crippen molar-refractivity contribution in [2.24, 2.45) is 0 Å². The highest BCUT2D eigenvalue weighted by Gasteiger charge is 2.20. The highest BCUT2D eigenvalue weighted by atomic mass is 16.4. The molecule has 2 aromatic rings. The van der Waals surface area contributed by atoms with Gasteiger partial charge in [0.15, 0.2) is 0 Å². The number of benzene rings is 1. The molecular formula is C14H17N3O. The summed E-state index contributed by atoms with van der Waals surface area (Å²) in [6.07, 6.45) is 4.30. The average Bonchev–Trinajstić information content (AvgIpc) is 3.14. The van der Waals surface area contributed by atoms with Crippen LogP contribution in [0.4, 0.5) is 11.7 Å². The largest absolute Gasteiger partial charge is 0.431 e. The molecule has 18 heavy (non-hydrogen) atoms. The first-order valence-electron chi connectivity index (χ1n) is 6.29. The summed E-state index contributed by atoms with van der Waals surface area (Å²) in [6.45, 7) is 0.788. The van der Waals surface area contributed by atoms with Crippen molar-refractivity contribution in [3.8, 4) is 0 Å². The molecular weight excluding hydrogens is 226 g/mol. The van der Waals surface area contributed by atoms with Gasteiger partial charge in [0.1, 0.15) is 6.26 Å². The number of anilines is 2. The van der Waals surface area contributed by atoms with Crippen LogP contribution in [0.5, 0.6) is 0 Å². The van der Waals surface area contributed by atoms with Gasteiger partial charge < -0.3 is 9.73 Å². The van der Waals surface area contributed by atoms with Gasteiger partial charge in [0.05, 0.1) is 5.69 Å². The summed E-state index contributed by atoms with van der Waals surface area (Å²) in [5.41, 5.74) is 2.03. The number of aromatic nitrogens is 1. The monoisotopic (exact) mass is 243 g/mol. The molecule has 4 heteroatoms. The van der Waals surface area contributed by atoms with Gasteiger partial charge in [-0.25, -0.2) is 0 Å². The lowest BCUT2D eigenvalue weighted by molar-refractivity contribution is 0.557. The van der Waals surface area contributed by atoms with E-state index in [2.05, 4.69) is 10.3 Å². The van der Waals surface area contributed by atoms with Crippen LogP contribution in [0, 0.1) is 0 Å². The van der Waals surface area contributed by atoms with Crippen molar-refractivity contribution in [1.82, 2.24) is 10.3 Å². The lowest BCUT2D eigenvalue weighted by Crippen LogP contribution is -2.16. The van der Waals surface area contributed by atoms with E-state index in [1.165, 1.54) is 12.8 Å². The zero-order valence-electron chi connectivity index (χ0n) is 10.5. The Bertz CT molecular complexity index is 505. The summed E-state index contributed by atoms with van der Waals surface area (Å²) < 4.78 is 5.51. The van der Waals surface area contributed by atoms with Crippen LogP contribution in [0.1, 0.15) is 18.5 Å². The quantitative estimate of drug-likeness (QED) is 0.876. The molecule has 1 heterocycles. The Hall–Kier alpha value is -1.81. The van der Waals surface area contributed by atoms with E-state index >= 15 is 0 Å². The first kappa shape index (κ1) is 11.3. The third-order valence-electron chi connectivity index (χ3n) is 3.12. The van der Waals surface area contributed by atoms with Gasteiger partial charge in [0, 0.05) is 25.3 Å². The Morgan fingerprint density at radius 1 is 1.33 bits per heavy atom. The second-order valence-corrected chi connectivity index (χ2v) is 4.67. The second kappa shape index (κ2) is 4.82. The Morgan fingerprint density at radius 2 is 2.11 bits per heavy atom. The van der Waals surface area contributed by atoms with Crippen LogP contribution in [0.25, 0.3) is 0 Å². The topological polar surface area (TPSA) is 41.3 Å². The molecule has 0 amide bonds. The first-order chi connectivity index (χ1) is 8.83. The van der Waals surface area contributed by atoms with Crippen LogP contribution < -0.4 is 10.2 Å². The molecule has 0 aliphatic heterocycles. The normalized spacial score (nSPS) is 14.7. The van der Waals surface area contributed by atoms with Gasteiger partial charge in [-0.15, -0.1) is 0 Å². The molecule has 1 aromatic heterocycles. The number of nitrogens with one attached hydrogen (secondary N) is 1. The van der Waals surface area contributed by atoms with E-state index in [-0.39, 0.29) is 0 Å². The third kappa shape index (κ3) is 2.54. The number of oxazole rings is 1. The Morgan fingerprint density at radius 3 is 2.83 bits per heavy atom. The molecule has 0 atom stereocenters. The molecule has 0 bridgehead atoms. The van der Waals surface area contributed by atoms with Gasteiger partial charge in [-0.1, -0.05) is 18.2 Å². The minimum absolute atomic E-state index is 0.633. The van der Waals surface area contributed by atoms with Gasteiger partial charge in [0.25, 0.3) is 0 Å². The summed E-state index contributed by atoms with van der Waals surface area (Å²) in [7, 11) is 1.96. The highest BCUT2D eigenvalue weighted by Crippen LogP contribution is 2.23. The lowest BCUT2D eigenvalue weighted by Gasteiger charge is -2.13. The van der Waals surface area contributed by atoms with E-state index in [1.54, 1.807) is 6.26 Å². The van der Waals surface area contributed by atoms with Crippen molar-refractivity contribution >= 4 is 11.7 Å². The van der Waals surface area contributed by atoms with Gasteiger partial charge in [-0.05, 0) is 25.0 Å². The van der Waals surface area contributed by atoms with Crippen LogP contribution in [-0.2, 0) is 6.54 Å². The van der Waals surface area contributed by atoms with Crippen LogP contribution in [0.2, 0.25) is 0 Å². The zero-order chi connectivity index (χ0) is 12.4. The van der Waals surface area contributed by atoms with Gasteiger partial charge in [-0.3, -0.25) is 4.90 Å². The molecule has 1 saturated carbocycles. The first-order valence-corrected chi connectivity index (χ1v) is 6.29. The number of hydrogen-bond donors (Lipinski definition) is 1. The van der Waals surface area contributed by atoms with Crippen LogP contribution in [0.15, 0.2) is 41.0 Å². The SMILES string of the molecule is CN(c1ccccc1)c1nc(CNC2CC2)co1. The van der Waals surface area contributed by atoms with Crippen molar-refractivity contribution < 1.29 is 4.42 Å². The molecule has 1 aromatic carbocycles. The molecule has 0 spiro atoms. The van der Waals surface area contributed by atoms with Crippen LogP contribution in [0.3, 0.4) is 0 Å². The van der Waals surface area contributed by atoms with Crippen molar-refractivity contribution in [3.05, 3.63) is 42.3 Å². The van der Waals surface area contributed by atoms with E-state index in [1.807, 2.05) is 42.3 Å². The van der Waals surface area contributed by atoms with Gasteiger partial charge >= 0.3 is 6.01 Å². The maximum absolute atomic E-state index is 5.51. The molecule has 1 aliphatic carbocycles. The molecule has 4 nitrogen and oxygen atoms in total. The maximum atomic E-state index is 5.51. The van der Waals surface area contributed by atoms with Crippen molar-refractivity contribution in [3.63, 3.8) is 0 Å². The zero-order valence-corrected chi connectivity index (χ0v) is 10.5. The number of nitrogens with zero attached hydrogens (tertiary/aromatic N) is 2. The minimum atomic E-state index is 0.633. The Labute approximate surface area is 107 Å². The summed E-state index contributed by atoms with van der Waals surface area (Å²) in [5.74, 6) is 0. The number of rotatable bonds is 5. The summed E-state index contributed by atoms with van der Waals surface area (Å²) in [6, 6.07) is 11.4. The Balaban J connectivity index is 1.68. The Kier molecular flexibility index (Phi) is 3.02. The van der Waals surface area contributed by atoms with E-state index in [0.29, 0.717) is 12.1 Å². The van der Waals surface area contributed by atoms with E-state index in [4.69, 9.17) is 4.42 Å². The van der Waals surface area contributed by atoms with Crippen LogP contribution in [-0.4, -0.2) is 18.1 Å². The summed E-state index contributed by atoms with van der Waals surface area (Å²) in [5, 5.41) is 3.42. The van der Waals surface area contributed by atoms with Gasteiger partial charge in [-0.2, -0.15) is 4.98 Å². The van der Waals surface area contributed by atoms with Gasteiger partial charge in [0.2, 0.25) is 0 Å². The lowest BCUT2D eigenvalue weighted by atomic mass is 10.3. The minimum Gasteiger partial charge on any atom is -0.431 e. The molecule has 94 valence electrons. The summed E-state index contributed by atoms with van der Waals surface area (Å²) >= 11 is 0. The average molecular weight is 243 g/mol. The fraction of sp³-hybridized carbons (Fsp3) is 0.357. The molecule has 0 unspecified atom stereocenters. The third-order valence-corrected chi connectivity index (χ3v) is 3.12. The fourth-order valence-electron chi connectivity index (χ4n) is 1.83. The maximum Gasteiger partial charge on any atom is 0.301 e. The van der Waals surface area contributed by atoms with Crippen LogP contribution >= 0.6 is 0 Å². The molecule has 3 rings (SSSR count). The van der Waals surface area contributed by atoms with E-state index in [9.17, 15) is 0 Å². The molecule has 1 aliphatic rings. The number of para-hydroxylation sites is 1. The van der Waals surface area contributed by atoms with Crippen molar-refractivity contribution in [1.29, 1.82) is 0 Å². The molecule has 1 fully saturated rings. The summed E-state index contributed by atoms with van der Waals surface area (Å²) in [4.78, 5) is 6.43. The fourth-order valence-corrected chi connectivity index (χ4v) is 1.83. The standard InChI is InChI=1S/C14H17N3O/c1-17(13-5-3-2-4-6-13)14-16-12(10-18-14)9-15-11-7-8-11/h2-6,10-11,15H,7-9H2,1H3. The van der Waals surface area contributed by atoms with E-state index < -0.39 is 0 Å². The van der Waals surface area contributed by atoms with E-state index in [0.717, 1.165) is 17.9 Å². The van der Waals surface area contributed by atoms with Crippen molar-refractivity contribution in [2.75, 3.05) is 11.9 Å². The molecule has 1 N–H and O–H groups in total. The van der Waals surface area contributed by atoms with Crippen molar-refractivity contribution in [2.45, 2.75) is 25.4 Å². The molecule has 0 saturated heterocycles. The predicted molar refractivity (Wildman–Crippen MR) is 70.9 cm³/mol. The number of hydrogen-bond acceptors (Lipinski definition) is 4. The highest BCUT2D eigenvalue weighted by molar-refractivity contribution is 5.54. The second-order valence-electron chi connectivity index (χ2n) is 4.67.